The van der Waals surface area contributed by atoms with Gasteiger partial charge < -0.3 is 9.47 Å². The van der Waals surface area contributed by atoms with Crippen molar-refractivity contribution in [2.75, 3.05) is 19.6 Å². The first-order chi connectivity index (χ1) is 7.33. The Morgan fingerprint density at radius 3 is 3.13 bits per heavy atom. The predicted octanol–water partition coefficient (Wildman–Crippen LogP) is 1.64. The number of aromatic nitrogens is 1. The van der Waals surface area contributed by atoms with Gasteiger partial charge in [0.05, 0.1) is 5.69 Å². The van der Waals surface area contributed by atoms with Crippen molar-refractivity contribution in [3.8, 4) is 0 Å². The second kappa shape index (κ2) is 4.62. The normalized spacial score (nSPS) is 22.1. The molecule has 82 valence electrons. The fourth-order valence-corrected chi connectivity index (χ4v) is 2.33. The maximum absolute atomic E-state index is 10.8. The zero-order valence-electron chi connectivity index (χ0n) is 9.22. The number of carbonyl (C=O) groups is 1. The largest absolute Gasteiger partial charge is 0.345 e. The van der Waals surface area contributed by atoms with Gasteiger partial charge in [0.15, 0.2) is 6.29 Å². The SMILES string of the molecule is CCN1CCC(Cn2cccc2C=O)C1. The molecule has 1 fully saturated rings. The summed E-state index contributed by atoms with van der Waals surface area (Å²) in [4.78, 5) is 13.2. The van der Waals surface area contributed by atoms with E-state index in [1.54, 1.807) is 0 Å². The number of rotatable bonds is 4. The fraction of sp³-hybridized carbons (Fsp3) is 0.583. The van der Waals surface area contributed by atoms with Gasteiger partial charge in [-0.15, -0.1) is 0 Å². The molecule has 0 radical (unpaired) electrons. The van der Waals surface area contributed by atoms with E-state index in [9.17, 15) is 4.79 Å². The van der Waals surface area contributed by atoms with Crippen LogP contribution in [0.2, 0.25) is 0 Å². The van der Waals surface area contributed by atoms with Crippen LogP contribution < -0.4 is 0 Å². The Morgan fingerprint density at radius 1 is 1.60 bits per heavy atom. The molecule has 1 saturated heterocycles. The third kappa shape index (κ3) is 2.29. The molecular formula is C12H18N2O. The molecule has 0 saturated carbocycles. The van der Waals surface area contributed by atoms with E-state index < -0.39 is 0 Å². The number of nitrogens with zero attached hydrogens (tertiary/aromatic N) is 2. The highest BCUT2D eigenvalue weighted by Gasteiger charge is 2.21. The van der Waals surface area contributed by atoms with Crippen LogP contribution in [-0.2, 0) is 6.54 Å². The van der Waals surface area contributed by atoms with Crippen LogP contribution >= 0.6 is 0 Å². The van der Waals surface area contributed by atoms with Crippen molar-refractivity contribution in [1.82, 2.24) is 9.47 Å². The molecule has 1 atom stereocenters. The van der Waals surface area contributed by atoms with Gasteiger partial charge in [-0.1, -0.05) is 6.92 Å². The molecule has 1 aromatic heterocycles. The Bertz CT molecular complexity index is 332. The first-order valence-electron chi connectivity index (χ1n) is 5.66. The summed E-state index contributed by atoms with van der Waals surface area (Å²) in [6.07, 6.45) is 4.19. The highest BCUT2D eigenvalue weighted by Crippen LogP contribution is 2.18. The Labute approximate surface area is 90.7 Å². The number of aldehydes is 1. The molecule has 0 amide bonds. The van der Waals surface area contributed by atoms with Gasteiger partial charge in [-0.2, -0.15) is 0 Å². The molecule has 2 rings (SSSR count). The molecule has 1 unspecified atom stereocenters. The smallest absolute Gasteiger partial charge is 0.166 e. The van der Waals surface area contributed by atoms with Crippen molar-refractivity contribution in [3.05, 3.63) is 24.0 Å². The number of carbonyl (C=O) groups excluding carboxylic acids is 1. The minimum Gasteiger partial charge on any atom is -0.345 e. The van der Waals surface area contributed by atoms with Crippen LogP contribution in [-0.4, -0.2) is 35.4 Å². The summed E-state index contributed by atoms with van der Waals surface area (Å²) < 4.78 is 2.07. The minimum absolute atomic E-state index is 0.705. The quantitative estimate of drug-likeness (QED) is 0.700. The average Bonchev–Trinajstić information content (AvgIpc) is 2.87. The van der Waals surface area contributed by atoms with Crippen LogP contribution in [0.3, 0.4) is 0 Å². The van der Waals surface area contributed by atoms with Gasteiger partial charge in [0.25, 0.3) is 0 Å². The second-order valence-electron chi connectivity index (χ2n) is 4.25. The third-order valence-electron chi connectivity index (χ3n) is 3.26. The van der Waals surface area contributed by atoms with E-state index in [-0.39, 0.29) is 0 Å². The number of likely N-dealkylation sites (tertiary alicyclic amines) is 1. The lowest BCUT2D eigenvalue weighted by Gasteiger charge is -2.14. The first-order valence-corrected chi connectivity index (χ1v) is 5.66. The fourth-order valence-electron chi connectivity index (χ4n) is 2.33. The Balaban J connectivity index is 1.95. The number of hydrogen-bond acceptors (Lipinski definition) is 2. The summed E-state index contributed by atoms with van der Waals surface area (Å²) in [5.41, 5.74) is 0.796. The maximum Gasteiger partial charge on any atom is 0.166 e. The topological polar surface area (TPSA) is 25.2 Å². The molecule has 15 heavy (non-hydrogen) atoms. The van der Waals surface area contributed by atoms with Gasteiger partial charge in [-0.3, -0.25) is 4.79 Å². The van der Waals surface area contributed by atoms with Crippen molar-refractivity contribution in [2.24, 2.45) is 5.92 Å². The highest BCUT2D eigenvalue weighted by atomic mass is 16.1. The van der Waals surface area contributed by atoms with E-state index in [4.69, 9.17) is 0 Å². The van der Waals surface area contributed by atoms with E-state index in [2.05, 4.69) is 16.4 Å². The summed E-state index contributed by atoms with van der Waals surface area (Å²) in [6.45, 7) is 6.71. The summed E-state index contributed by atoms with van der Waals surface area (Å²) in [5.74, 6) is 0.705. The molecule has 1 aliphatic heterocycles. The highest BCUT2D eigenvalue weighted by molar-refractivity contribution is 5.72. The van der Waals surface area contributed by atoms with Gasteiger partial charge in [0.2, 0.25) is 0 Å². The van der Waals surface area contributed by atoms with Crippen LogP contribution in [0.1, 0.15) is 23.8 Å². The molecule has 2 heterocycles. The lowest BCUT2D eigenvalue weighted by atomic mass is 10.1. The maximum atomic E-state index is 10.8. The minimum atomic E-state index is 0.705. The Morgan fingerprint density at radius 2 is 2.47 bits per heavy atom. The first kappa shape index (κ1) is 10.4. The Kier molecular flexibility index (Phi) is 3.21. The van der Waals surface area contributed by atoms with Crippen LogP contribution in [0.15, 0.2) is 18.3 Å². The summed E-state index contributed by atoms with van der Waals surface area (Å²) in [6, 6.07) is 3.82. The van der Waals surface area contributed by atoms with Crippen LogP contribution in [0, 0.1) is 5.92 Å². The molecule has 0 bridgehead atoms. The predicted molar refractivity (Wildman–Crippen MR) is 60.0 cm³/mol. The van der Waals surface area contributed by atoms with Crippen LogP contribution in [0.4, 0.5) is 0 Å². The van der Waals surface area contributed by atoms with Gasteiger partial charge in [0.1, 0.15) is 0 Å². The lowest BCUT2D eigenvalue weighted by Crippen LogP contribution is -2.21. The van der Waals surface area contributed by atoms with Crippen LogP contribution in [0.5, 0.6) is 0 Å². The van der Waals surface area contributed by atoms with E-state index in [0.717, 1.165) is 25.1 Å². The molecular weight excluding hydrogens is 188 g/mol. The van der Waals surface area contributed by atoms with E-state index in [1.807, 2.05) is 18.3 Å². The standard InChI is InChI=1S/C12H18N2O/c1-2-13-7-5-11(8-13)9-14-6-3-4-12(14)10-15/h3-4,6,10-11H,2,5,7-9H2,1H3. The second-order valence-corrected chi connectivity index (χ2v) is 4.25. The number of hydrogen-bond donors (Lipinski definition) is 0. The van der Waals surface area contributed by atoms with Gasteiger partial charge in [-0.05, 0) is 37.6 Å². The van der Waals surface area contributed by atoms with E-state index in [0.29, 0.717) is 5.92 Å². The van der Waals surface area contributed by atoms with Gasteiger partial charge >= 0.3 is 0 Å². The molecule has 3 heteroatoms. The zero-order chi connectivity index (χ0) is 10.7. The average molecular weight is 206 g/mol. The monoisotopic (exact) mass is 206 g/mol. The van der Waals surface area contributed by atoms with E-state index in [1.165, 1.54) is 19.5 Å². The van der Waals surface area contributed by atoms with Gasteiger partial charge in [0, 0.05) is 19.3 Å². The molecule has 1 aliphatic rings. The van der Waals surface area contributed by atoms with Crippen molar-refractivity contribution >= 4 is 6.29 Å². The van der Waals surface area contributed by atoms with Gasteiger partial charge in [-0.25, -0.2) is 0 Å². The van der Waals surface area contributed by atoms with Crippen molar-refractivity contribution in [1.29, 1.82) is 0 Å². The molecule has 0 aromatic carbocycles. The van der Waals surface area contributed by atoms with E-state index >= 15 is 0 Å². The van der Waals surface area contributed by atoms with Crippen molar-refractivity contribution < 1.29 is 4.79 Å². The summed E-state index contributed by atoms with van der Waals surface area (Å²) in [7, 11) is 0. The molecule has 0 spiro atoms. The Hall–Kier alpha value is -1.09. The lowest BCUT2D eigenvalue weighted by molar-refractivity contribution is 0.111. The molecule has 0 N–H and O–H groups in total. The molecule has 1 aromatic rings. The van der Waals surface area contributed by atoms with Crippen molar-refractivity contribution in [3.63, 3.8) is 0 Å². The molecule has 0 aliphatic carbocycles. The van der Waals surface area contributed by atoms with Crippen LogP contribution in [0.25, 0.3) is 0 Å². The molecule has 3 nitrogen and oxygen atoms in total. The summed E-state index contributed by atoms with van der Waals surface area (Å²) >= 11 is 0. The zero-order valence-corrected chi connectivity index (χ0v) is 9.22. The third-order valence-corrected chi connectivity index (χ3v) is 3.26. The van der Waals surface area contributed by atoms with Crippen molar-refractivity contribution in [2.45, 2.75) is 19.9 Å². The summed E-state index contributed by atoms with van der Waals surface area (Å²) in [5, 5.41) is 0.